The van der Waals surface area contributed by atoms with E-state index in [9.17, 15) is 0 Å². The van der Waals surface area contributed by atoms with E-state index in [1.807, 2.05) is 19.1 Å². The predicted octanol–water partition coefficient (Wildman–Crippen LogP) is 0.738. The Morgan fingerprint density at radius 2 is 1.08 bits per heavy atom. The van der Waals surface area contributed by atoms with Crippen LogP contribution in [0.1, 0.15) is 5.69 Å². The molecular weight excluding hydrogens is 318 g/mol. The summed E-state index contributed by atoms with van der Waals surface area (Å²) in [5.74, 6) is 2.81. The SMILES string of the molecule is Cc1ccc(N2CCN(c3ccc(N4CCOCC4)nn3)CC2)nn1. The Kier molecular flexibility index (Phi) is 4.60. The summed E-state index contributed by atoms with van der Waals surface area (Å²) in [5.41, 5.74) is 0.943. The number of hydrogen-bond donors (Lipinski definition) is 0. The molecule has 2 aromatic rings. The lowest BCUT2D eigenvalue weighted by Gasteiger charge is -2.35. The number of aryl methyl sites for hydroxylation is 1. The maximum absolute atomic E-state index is 5.38. The predicted molar refractivity (Wildman–Crippen MR) is 96.3 cm³/mol. The van der Waals surface area contributed by atoms with E-state index in [0.29, 0.717) is 0 Å². The average Bonchev–Trinajstić information content (AvgIpc) is 2.70. The molecule has 0 bridgehead atoms. The molecule has 0 aromatic carbocycles. The van der Waals surface area contributed by atoms with Gasteiger partial charge in [-0.1, -0.05) is 0 Å². The van der Waals surface area contributed by atoms with Crippen LogP contribution in [0, 0.1) is 6.92 Å². The van der Waals surface area contributed by atoms with Gasteiger partial charge in [-0.3, -0.25) is 0 Å². The molecule has 0 aliphatic carbocycles. The van der Waals surface area contributed by atoms with Gasteiger partial charge >= 0.3 is 0 Å². The van der Waals surface area contributed by atoms with E-state index in [1.54, 1.807) is 0 Å². The summed E-state index contributed by atoms with van der Waals surface area (Å²) in [4.78, 5) is 6.75. The van der Waals surface area contributed by atoms with Crippen LogP contribution in [0.2, 0.25) is 0 Å². The van der Waals surface area contributed by atoms with Gasteiger partial charge in [-0.25, -0.2) is 0 Å². The molecule has 2 aromatic heterocycles. The zero-order valence-corrected chi connectivity index (χ0v) is 14.5. The lowest BCUT2D eigenvalue weighted by atomic mass is 10.3. The third kappa shape index (κ3) is 3.63. The molecule has 8 nitrogen and oxygen atoms in total. The fraction of sp³-hybridized carbons (Fsp3) is 0.529. The third-order valence-corrected chi connectivity index (χ3v) is 4.68. The van der Waals surface area contributed by atoms with Crippen molar-refractivity contribution in [3.63, 3.8) is 0 Å². The average molecular weight is 341 g/mol. The second-order valence-corrected chi connectivity index (χ2v) is 6.36. The summed E-state index contributed by atoms with van der Waals surface area (Å²) in [6.07, 6.45) is 0. The highest BCUT2D eigenvalue weighted by Crippen LogP contribution is 2.19. The third-order valence-electron chi connectivity index (χ3n) is 4.68. The summed E-state index contributed by atoms with van der Waals surface area (Å²) in [6.45, 7) is 8.85. The van der Waals surface area contributed by atoms with E-state index in [2.05, 4.69) is 47.2 Å². The van der Waals surface area contributed by atoms with Gasteiger partial charge in [0.2, 0.25) is 0 Å². The van der Waals surface area contributed by atoms with Crippen molar-refractivity contribution in [3.05, 3.63) is 30.0 Å². The minimum atomic E-state index is 0.757. The fourth-order valence-corrected chi connectivity index (χ4v) is 3.17. The van der Waals surface area contributed by atoms with E-state index in [1.165, 1.54) is 0 Å². The van der Waals surface area contributed by atoms with Crippen LogP contribution in [0.15, 0.2) is 24.3 Å². The molecule has 0 spiro atoms. The summed E-state index contributed by atoms with van der Waals surface area (Å²) >= 11 is 0. The Hall–Kier alpha value is -2.48. The molecule has 132 valence electrons. The van der Waals surface area contributed by atoms with Gasteiger partial charge < -0.3 is 19.4 Å². The number of aromatic nitrogens is 4. The Labute approximate surface area is 147 Å². The maximum atomic E-state index is 5.38. The van der Waals surface area contributed by atoms with Crippen LogP contribution < -0.4 is 14.7 Å². The summed E-state index contributed by atoms with van der Waals surface area (Å²) in [6, 6.07) is 8.17. The van der Waals surface area contributed by atoms with E-state index in [-0.39, 0.29) is 0 Å². The van der Waals surface area contributed by atoms with Crippen molar-refractivity contribution in [2.75, 3.05) is 67.2 Å². The number of anilines is 3. The second-order valence-electron chi connectivity index (χ2n) is 6.36. The van der Waals surface area contributed by atoms with Gasteiger partial charge in [-0.2, -0.15) is 5.10 Å². The van der Waals surface area contributed by atoms with Crippen LogP contribution in [0.5, 0.6) is 0 Å². The standard InChI is InChI=1S/C17H23N7O/c1-14-2-3-15(19-18-14)22-6-8-23(9-7-22)16-4-5-17(21-20-16)24-10-12-25-13-11-24/h2-5H,6-13H2,1H3. The molecule has 0 atom stereocenters. The molecule has 2 saturated heterocycles. The molecule has 2 aliphatic heterocycles. The Balaban J connectivity index is 1.36. The molecule has 0 N–H and O–H groups in total. The Bertz CT molecular complexity index is 677. The van der Waals surface area contributed by atoms with E-state index >= 15 is 0 Å². The van der Waals surface area contributed by atoms with Crippen molar-refractivity contribution < 1.29 is 4.74 Å². The summed E-state index contributed by atoms with van der Waals surface area (Å²) in [7, 11) is 0. The molecule has 4 heterocycles. The van der Waals surface area contributed by atoms with Gasteiger partial charge in [0, 0.05) is 39.3 Å². The largest absolute Gasteiger partial charge is 0.378 e. The Morgan fingerprint density at radius 1 is 0.640 bits per heavy atom. The molecule has 0 radical (unpaired) electrons. The van der Waals surface area contributed by atoms with Gasteiger partial charge in [-0.15, -0.1) is 15.3 Å². The van der Waals surface area contributed by atoms with Crippen LogP contribution in [-0.2, 0) is 4.74 Å². The number of ether oxygens (including phenoxy) is 1. The van der Waals surface area contributed by atoms with Crippen molar-refractivity contribution in [1.29, 1.82) is 0 Å². The lowest BCUT2D eigenvalue weighted by molar-refractivity contribution is 0.122. The zero-order chi connectivity index (χ0) is 17.1. The second kappa shape index (κ2) is 7.18. The van der Waals surface area contributed by atoms with E-state index in [4.69, 9.17) is 4.74 Å². The minimum absolute atomic E-state index is 0.757. The molecule has 25 heavy (non-hydrogen) atoms. The molecule has 4 rings (SSSR count). The van der Waals surface area contributed by atoms with Gasteiger partial charge in [0.1, 0.15) is 0 Å². The van der Waals surface area contributed by atoms with Gasteiger partial charge in [-0.05, 0) is 31.2 Å². The molecule has 0 amide bonds. The van der Waals surface area contributed by atoms with Crippen LogP contribution in [0.4, 0.5) is 17.5 Å². The molecule has 2 aliphatic rings. The first-order chi connectivity index (χ1) is 12.3. The molecule has 0 saturated carbocycles. The maximum Gasteiger partial charge on any atom is 0.151 e. The number of morpholine rings is 1. The minimum Gasteiger partial charge on any atom is -0.378 e. The first-order valence-corrected chi connectivity index (χ1v) is 8.76. The lowest BCUT2D eigenvalue weighted by Crippen LogP contribution is -2.47. The molecule has 0 unspecified atom stereocenters. The van der Waals surface area contributed by atoms with Crippen LogP contribution >= 0.6 is 0 Å². The van der Waals surface area contributed by atoms with Crippen molar-refractivity contribution in [3.8, 4) is 0 Å². The molecule has 8 heteroatoms. The smallest absolute Gasteiger partial charge is 0.151 e. The van der Waals surface area contributed by atoms with Gasteiger partial charge in [0.15, 0.2) is 17.5 Å². The van der Waals surface area contributed by atoms with Crippen LogP contribution in [0.3, 0.4) is 0 Å². The quantitative estimate of drug-likeness (QED) is 0.810. The zero-order valence-electron chi connectivity index (χ0n) is 14.5. The summed E-state index contributed by atoms with van der Waals surface area (Å²) in [5, 5.41) is 17.3. The highest BCUT2D eigenvalue weighted by Gasteiger charge is 2.20. The Morgan fingerprint density at radius 3 is 1.52 bits per heavy atom. The number of hydrogen-bond acceptors (Lipinski definition) is 8. The van der Waals surface area contributed by atoms with Crippen molar-refractivity contribution in [1.82, 2.24) is 20.4 Å². The number of piperazine rings is 1. The van der Waals surface area contributed by atoms with Crippen LogP contribution in [0.25, 0.3) is 0 Å². The van der Waals surface area contributed by atoms with Crippen molar-refractivity contribution in [2.45, 2.75) is 6.92 Å². The number of nitrogens with zero attached hydrogens (tertiary/aromatic N) is 7. The molecular formula is C17H23N7O. The first-order valence-electron chi connectivity index (χ1n) is 8.76. The van der Waals surface area contributed by atoms with Gasteiger partial charge in [0.05, 0.1) is 18.9 Å². The van der Waals surface area contributed by atoms with Crippen LogP contribution in [-0.4, -0.2) is 72.9 Å². The highest BCUT2D eigenvalue weighted by atomic mass is 16.5. The van der Waals surface area contributed by atoms with Gasteiger partial charge in [0.25, 0.3) is 0 Å². The van der Waals surface area contributed by atoms with E-state index < -0.39 is 0 Å². The normalized spacial score (nSPS) is 18.5. The monoisotopic (exact) mass is 341 g/mol. The van der Waals surface area contributed by atoms with E-state index in [0.717, 1.165) is 75.6 Å². The number of rotatable bonds is 3. The highest BCUT2D eigenvalue weighted by molar-refractivity contribution is 5.47. The first kappa shape index (κ1) is 16.0. The fourth-order valence-electron chi connectivity index (χ4n) is 3.17. The summed E-state index contributed by atoms with van der Waals surface area (Å²) < 4.78 is 5.38. The molecule has 2 fully saturated rings. The van der Waals surface area contributed by atoms with Crippen molar-refractivity contribution >= 4 is 17.5 Å². The topological polar surface area (TPSA) is 70.5 Å². The van der Waals surface area contributed by atoms with Crippen molar-refractivity contribution in [2.24, 2.45) is 0 Å².